The Kier molecular flexibility index (Phi) is 10.0. The highest BCUT2D eigenvalue weighted by molar-refractivity contribution is 6.35. The number of hydrogen-bond acceptors (Lipinski definition) is 8. The molecule has 2 unspecified atom stereocenters. The van der Waals surface area contributed by atoms with E-state index in [4.69, 9.17) is 34.8 Å². The van der Waals surface area contributed by atoms with Crippen LogP contribution in [0, 0.1) is 0 Å². The highest BCUT2D eigenvalue weighted by Crippen LogP contribution is 2.41. The van der Waals surface area contributed by atoms with Gasteiger partial charge in [-0.1, -0.05) is 47.6 Å². The van der Waals surface area contributed by atoms with Gasteiger partial charge in [0.25, 0.3) is 0 Å². The van der Waals surface area contributed by atoms with E-state index >= 15 is 0 Å². The number of amides is 2. The first-order chi connectivity index (χ1) is 21.9. The zero-order valence-corrected chi connectivity index (χ0v) is 26.1. The lowest BCUT2D eigenvalue weighted by molar-refractivity contribution is -0.144. The number of tetrazole rings is 1. The predicted molar refractivity (Wildman–Crippen MR) is 166 cm³/mol. The van der Waals surface area contributed by atoms with E-state index in [0.717, 1.165) is 7.11 Å². The second-order valence-corrected chi connectivity index (χ2v) is 11.4. The van der Waals surface area contributed by atoms with Crippen LogP contribution in [0.4, 0.5) is 29.3 Å². The summed E-state index contributed by atoms with van der Waals surface area (Å²) in [4.78, 5) is 32.5. The molecule has 2 aromatic heterocycles. The molecular weight excluding hydrogens is 674 g/mol. The minimum atomic E-state index is -4.61. The molecule has 18 heteroatoms. The highest BCUT2D eigenvalue weighted by atomic mass is 35.5. The van der Waals surface area contributed by atoms with E-state index in [1.807, 2.05) is 0 Å². The summed E-state index contributed by atoms with van der Waals surface area (Å²) in [6.45, 7) is 0. The Morgan fingerprint density at radius 2 is 1.91 bits per heavy atom. The van der Waals surface area contributed by atoms with Crippen molar-refractivity contribution in [1.82, 2.24) is 35.5 Å². The minimum absolute atomic E-state index is 0.000678. The molecule has 0 radical (unpaired) electrons. The zero-order valence-electron chi connectivity index (χ0n) is 23.8. The summed E-state index contributed by atoms with van der Waals surface area (Å²) < 4.78 is 48.5. The maximum absolute atomic E-state index is 14.1. The molecule has 0 saturated heterocycles. The van der Waals surface area contributed by atoms with Crippen molar-refractivity contribution in [3.8, 4) is 16.9 Å². The lowest BCUT2D eigenvalue weighted by Crippen LogP contribution is -2.36. The molecule has 1 aliphatic rings. The Hall–Kier alpha value is -4.34. The van der Waals surface area contributed by atoms with Crippen molar-refractivity contribution in [3.63, 3.8) is 0 Å². The number of halogens is 6. The Balaban J connectivity index is 1.48. The van der Waals surface area contributed by atoms with Crippen molar-refractivity contribution in [1.29, 1.82) is 0 Å². The number of hydrogen-bond donors (Lipinski definition) is 4. The molecule has 4 aromatic rings. The predicted octanol–water partition coefficient (Wildman–Crippen LogP) is 6.98. The third kappa shape index (κ3) is 7.71. The number of methoxy groups -OCH3 is 1. The number of ether oxygens (including phenoxy) is 1. The second-order valence-electron chi connectivity index (χ2n) is 10.2. The van der Waals surface area contributed by atoms with Crippen LogP contribution in [-0.4, -0.2) is 61.5 Å². The monoisotopic (exact) mass is 697 g/mol. The van der Waals surface area contributed by atoms with Gasteiger partial charge in [-0.2, -0.15) is 17.9 Å². The number of H-pyrrole nitrogens is 1. The fourth-order valence-corrected chi connectivity index (χ4v) is 5.49. The fraction of sp³-hybridized carbons (Fsp3) is 0.286. The molecule has 2 amide bonds. The fourth-order valence-electron chi connectivity index (χ4n) is 4.86. The summed E-state index contributed by atoms with van der Waals surface area (Å²) in [5.41, 5.74) is 1.34. The van der Waals surface area contributed by atoms with E-state index in [1.165, 1.54) is 35.3 Å². The number of rotatable bonds is 5. The molecule has 0 aliphatic carbocycles. The van der Waals surface area contributed by atoms with Gasteiger partial charge in [0.1, 0.15) is 29.0 Å². The molecule has 0 fully saturated rings. The number of alkyl halides is 3. The Morgan fingerprint density at radius 1 is 1.13 bits per heavy atom. The van der Waals surface area contributed by atoms with Gasteiger partial charge in [0.2, 0.25) is 5.91 Å². The lowest BCUT2D eigenvalue weighted by atomic mass is 10.0. The van der Waals surface area contributed by atoms with Crippen molar-refractivity contribution in [3.05, 3.63) is 69.3 Å². The molecular formula is C28H25Cl3F3N9O3. The van der Waals surface area contributed by atoms with E-state index in [9.17, 15) is 22.8 Å². The maximum Gasteiger partial charge on any atom is 0.411 e. The summed E-state index contributed by atoms with van der Waals surface area (Å²) in [6.07, 6.45) is -0.796. The SMILES string of the molecule is COC(=O)Nc1cc2c(cc1Cl)-c1nc([nH]c1Cl)C(NC(=O)C=Cc1cc(Cl)ccc1-n1cnnn1)CCCCC(C(F)(F)F)N2. The van der Waals surface area contributed by atoms with Gasteiger partial charge >= 0.3 is 12.3 Å². The molecule has 0 spiro atoms. The van der Waals surface area contributed by atoms with E-state index < -0.39 is 30.3 Å². The Bertz CT molecular complexity index is 1760. The van der Waals surface area contributed by atoms with Gasteiger partial charge in [0.15, 0.2) is 0 Å². The largest absolute Gasteiger partial charge is 0.453 e. The first-order valence-electron chi connectivity index (χ1n) is 13.7. The number of carbonyl (C=O) groups excluding carboxylic acids is 2. The standard InChI is InChI=1S/C28H25Cl3F3N9O3/c1-46-27(45)38-20-12-19-16(11-17(20)30)24-25(31)40-26(39-24)18(4-2-3-5-22(36-19)28(32,33)34)37-23(44)9-6-14-10-15(29)7-8-21(14)43-13-35-41-42-43/h6-13,18,22,36H,2-5H2,1H3,(H,37,44)(H,38,45)(H,39,40). The summed E-state index contributed by atoms with van der Waals surface area (Å²) in [6, 6.07) is 4.89. The number of nitrogens with zero attached hydrogens (tertiary/aromatic N) is 5. The smallest absolute Gasteiger partial charge is 0.411 e. The van der Waals surface area contributed by atoms with Crippen LogP contribution in [0.2, 0.25) is 15.2 Å². The van der Waals surface area contributed by atoms with Crippen molar-refractivity contribution in [2.24, 2.45) is 0 Å². The van der Waals surface area contributed by atoms with Crippen molar-refractivity contribution < 1.29 is 27.5 Å². The summed E-state index contributed by atoms with van der Waals surface area (Å²) in [5, 5.41) is 19.3. The topological polar surface area (TPSA) is 152 Å². The average molecular weight is 699 g/mol. The molecule has 3 heterocycles. The highest BCUT2D eigenvalue weighted by Gasteiger charge is 2.40. The second kappa shape index (κ2) is 14.0. The molecule has 0 saturated carbocycles. The van der Waals surface area contributed by atoms with E-state index in [2.05, 4.69) is 46.2 Å². The zero-order chi connectivity index (χ0) is 33.0. The molecule has 1 aliphatic heterocycles. The van der Waals surface area contributed by atoms with Crippen LogP contribution < -0.4 is 16.0 Å². The summed E-state index contributed by atoms with van der Waals surface area (Å²) in [7, 11) is 1.14. The van der Waals surface area contributed by atoms with Gasteiger partial charge in [-0.15, -0.1) is 5.10 Å². The minimum Gasteiger partial charge on any atom is -0.453 e. The van der Waals surface area contributed by atoms with Crippen molar-refractivity contribution >= 4 is 64.3 Å². The van der Waals surface area contributed by atoms with Crippen LogP contribution in [0.5, 0.6) is 0 Å². The van der Waals surface area contributed by atoms with Gasteiger partial charge in [0.05, 0.1) is 29.5 Å². The lowest BCUT2D eigenvalue weighted by Gasteiger charge is -2.25. The van der Waals surface area contributed by atoms with E-state index in [1.54, 1.807) is 18.2 Å². The average Bonchev–Trinajstić information content (AvgIpc) is 3.67. The number of imidazole rings is 1. The van der Waals surface area contributed by atoms with Crippen LogP contribution in [-0.2, 0) is 9.53 Å². The molecule has 46 heavy (non-hydrogen) atoms. The third-order valence-corrected chi connectivity index (χ3v) is 7.89. The first-order valence-corrected chi connectivity index (χ1v) is 14.9. The molecule has 4 N–H and O–H groups in total. The number of carbonyl (C=O) groups is 2. The number of fused-ring (bicyclic) bond motifs is 4. The summed E-state index contributed by atoms with van der Waals surface area (Å²) >= 11 is 19.1. The van der Waals surface area contributed by atoms with Crippen LogP contribution in [0.1, 0.15) is 43.1 Å². The number of nitrogens with one attached hydrogen (secondary N) is 4. The molecule has 242 valence electrons. The maximum atomic E-state index is 14.1. The summed E-state index contributed by atoms with van der Waals surface area (Å²) in [5.74, 6) is -0.226. The quantitative estimate of drug-likeness (QED) is 0.163. The van der Waals surface area contributed by atoms with Gasteiger partial charge in [-0.25, -0.2) is 9.78 Å². The van der Waals surface area contributed by atoms with Crippen molar-refractivity contribution in [2.45, 2.75) is 43.9 Å². The van der Waals surface area contributed by atoms with Crippen molar-refractivity contribution in [2.75, 3.05) is 17.7 Å². The van der Waals surface area contributed by atoms with Gasteiger partial charge < -0.3 is 20.4 Å². The number of aromatic amines is 1. The van der Waals surface area contributed by atoms with Gasteiger partial charge in [-0.05, 0) is 59.7 Å². The van der Waals surface area contributed by atoms with Crippen LogP contribution in [0.15, 0.2) is 42.7 Å². The molecule has 12 nitrogen and oxygen atoms in total. The molecule has 2 bridgehead atoms. The molecule has 5 rings (SSSR count). The van der Waals surface area contributed by atoms with Gasteiger partial charge in [-0.3, -0.25) is 10.1 Å². The van der Waals surface area contributed by atoms with Crippen LogP contribution >= 0.6 is 34.8 Å². The Morgan fingerprint density at radius 3 is 2.63 bits per heavy atom. The van der Waals surface area contributed by atoms with Gasteiger partial charge in [0, 0.05) is 27.9 Å². The third-order valence-electron chi connectivity index (χ3n) is 7.07. The van der Waals surface area contributed by atoms with E-state index in [0.29, 0.717) is 22.7 Å². The first kappa shape index (κ1) is 33.0. The number of benzene rings is 2. The number of anilines is 2. The van der Waals surface area contributed by atoms with Crippen LogP contribution in [0.25, 0.3) is 23.0 Å². The van der Waals surface area contributed by atoms with E-state index in [-0.39, 0.29) is 57.9 Å². The Labute approximate surface area is 274 Å². The number of aromatic nitrogens is 6. The molecule has 2 atom stereocenters. The normalized spacial score (nSPS) is 16.9. The van der Waals surface area contributed by atoms with Crippen LogP contribution in [0.3, 0.4) is 0 Å². The molecule has 2 aromatic carbocycles.